The van der Waals surface area contributed by atoms with Crippen molar-refractivity contribution in [2.24, 2.45) is 23.7 Å². The van der Waals surface area contributed by atoms with Gasteiger partial charge in [-0.15, -0.1) is 0 Å². The van der Waals surface area contributed by atoms with Crippen LogP contribution in [-0.4, -0.2) is 37.5 Å². The molecule has 2 aliphatic carbocycles. The molecule has 2 N–H and O–H groups in total. The van der Waals surface area contributed by atoms with E-state index in [1.807, 2.05) is 12.2 Å². The zero-order chi connectivity index (χ0) is 13.8. The first-order valence-corrected chi connectivity index (χ1v) is 6.27. The predicted octanol–water partition coefficient (Wildman–Crippen LogP) is -0.945. The minimum Gasteiger partial charge on any atom is -0.352 e. The summed E-state index contributed by atoms with van der Waals surface area (Å²) in [5.41, 5.74) is 0. The highest BCUT2D eigenvalue weighted by Crippen LogP contribution is 2.48. The molecule has 6 nitrogen and oxygen atoms in total. The summed E-state index contributed by atoms with van der Waals surface area (Å²) in [6, 6.07) is 0. The van der Waals surface area contributed by atoms with Crippen molar-refractivity contribution in [1.29, 1.82) is 0 Å². The Bertz CT molecular complexity index is 394. The lowest BCUT2D eigenvalue weighted by molar-refractivity contribution is -0.132. The van der Waals surface area contributed by atoms with E-state index in [9.17, 15) is 19.2 Å². The number of allylic oxidation sites excluding steroid dienone is 2. The van der Waals surface area contributed by atoms with Gasteiger partial charge in [0, 0.05) is 11.8 Å². The number of fused-ring (bicyclic) bond motifs is 2. The molecule has 0 aliphatic heterocycles. The molecule has 0 aromatic carbocycles. The zero-order valence-electron chi connectivity index (χ0n) is 10.4. The van der Waals surface area contributed by atoms with Crippen LogP contribution in [0.15, 0.2) is 12.2 Å². The Morgan fingerprint density at radius 2 is 1.37 bits per heavy atom. The number of nitrogens with one attached hydrogen (secondary N) is 2. The van der Waals surface area contributed by atoms with Crippen molar-refractivity contribution in [2.75, 3.05) is 13.1 Å². The monoisotopic (exact) mass is 264 g/mol. The smallest absolute Gasteiger partial charge is 0.207 e. The molecule has 19 heavy (non-hydrogen) atoms. The van der Waals surface area contributed by atoms with Crippen LogP contribution in [0.5, 0.6) is 0 Å². The molecule has 4 unspecified atom stereocenters. The van der Waals surface area contributed by atoms with Crippen LogP contribution in [0.2, 0.25) is 0 Å². The Kier molecular flexibility index (Phi) is 4.09. The van der Waals surface area contributed by atoms with Gasteiger partial charge in [0.25, 0.3) is 0 Å². The molecule has 0 aromatic heterocycles. The molecule has 2 bridgehead atoms. The van der Waals surface area contributed by atoms with Gasteiger partial charge < -0.3 is 10.6 Å². The van der Waals surface area contributed by atoms with Gasteiger partial charge in [0.05, 0.1) is 13.1 Å². The quantitative estimate of drug-likeness (QED) is 0.437. The number of amides is 2. The van der Waals surface area contributed by atoms with Crippen LogP contribution in [0.4, 0.5) is 0 Å². The molecule has 6 heteroatoms. The van der Waals surface area contributed by atoms with Gasteiger partial charge in [-0.2, -0.15) is 0 Å². The van der Waals surface area contributed by atoms with Crippen molar-refractivity contribution in [3.8, 4) is 0 Å². The lowest BCUT2D eigenvalue weighted by atomic mass is 9.77. The molecule has 0 heterocycles. The molecule has 2 rings (SSSR count). The van der Waals surface area contributed by atoms with Gasteiger partial charge in [0.15, 0.2) is 11.6 Å². The third kappa shape index (κ3) is 2.57. The van der Waals surface area contributed by atoms with Gasteiger partial charge in [-0.05, 0) is 18.3 Å². The Morgan fingerprint density at radius 3 is 1.74 bits per heavy atom. The van der Waals surface area contributed by atoms with E-state index in [4.69, 9.17) is 0 Å². The summed E-state index contributed by atoms with van der Waals surface area (Å²) >= 11 is 0. The fourth-order valence-electron chi connectivity index (χ4n) is 3.22. The summed E-state index contributed by atoms with van der Waals surface area (Å²) in [6.07, 6.45) is 5.71. The van der Waals surface area contributed by atoms with Gasteiger partial charge in [0.1, 0.15) is 0 Å². The van der Waals surface area contributed by atoms with Crippen LogP contribution in [-0.2, 0) is 19.2 Å². The SMILES string of the molecule is O=CNCC(=O)C1C2C=CC(C2)C1C(=O)CNC=O. The van der Waals surface area contributed by atoms with Gasteiger partial charge in [-0.25, -0.2) is 0 Å². The van der Waals surface area contributed by atoms with Crippen molar-refractivity contribution in [3.63, 3.8) is 0 Å². The van der Waals surface area contributed by atoms with E-state index in [0.29, 0.717) is 12.8 Å². The maximum Gasteiger partial charge on any atom is 0.207 e. The third-order valence-electron chi connectivity index (χ3n) is 3.92. The van der Waals surface area contributed by atoms with Crippen LogP contribution in [0.3, 0.4) is 0 Å². The van der Waals surface area contributed by atoms with E-state index < -0.39 is 0 Å². The summed E-state index contributed by atoms with van der Waals surface area (Å²) in [7, 11) is 0. The van der Waals surface area contributed by atoms with E-state index >= 15 is 0 Å². The average molecular weight is 264 g/mol. The average Bonchev–Trinajstić information content (AvgIpc) is 3.02. The second kappa shape index (κ2) is 5.77. The van der Waals surface area contributed by atoms with Gasteiger partial charge >= 0.3 is 0 Å². The minimum absolute atomic E-state index is 0.0455. The third-order valence-corrected chi connectivity index (χ3v) is 3.92. The van der Waals surface area contributed by atoms with Crippen molar-refractivity contribution in [1.82, 2.24) is 10.6 Å². The Balaban J connectivity index is 2.08. The van der Waals surface area contributed by atoms with Crippen LogP contribution in [0, 0.1) is 23.7 Å². The number of Topliss-reactive ketones (excluding diaryl/α,β-unsaturated/α-hetero) is 2. The fraction of sp³-hybridized carbons (Fsp3) is 0.538. The number of ketones is 2. The van der Waals surface area contributed by atoms with E-state index in [1.165, 1.54) is 0 Å². The van der Waals surface area contributed by atoms with Crippen molar-refractivity contribution >= 4 is 24.4 Å². The van der Waals surface area contributed by atoms with Crippen LogP contribution < -0.4 is 10.6 Å². The van der Waals surface area contributed by atoms with Gasteiger partial charge in [-0.1, -0.05) is 12.2 Å². The molecule has 2 amide bonds. The normalized spacial score (nSPS) is 30.9. The lowest BCUT2D eigenvalue weighted by Gasteiger charge is -2.25. The summed E-state index contributed by atoms with van der Waals surface area (Å²) in [6.45, 7) is -0.0910. The van der Waals surface area contributed by atoms with E-state index in [0.717, 1.165) is 6.42 Å². The molecule has 1 saturated carbocycles. The number of hydrogen-bond donors (Lipinski definition) is 2. The first kappa shape index (κ1) is 13.5. The van der Waals surface area contributed by atoms with Crippen LogP contribution >= 0.6 is 0 Å². The van der Waals surface area contributed by atoms with Crippen LogP contribution in [0.1, 0.15) is 6.42 Å². The number of carbonyl (C=O) groups is 4. The maximum atomic E-state index is 12.1. The highest BCUT2D eigenvalue weighted by atomic mass is 16.2. The van der Waals surface area contributed by atoms with Crippen LogP contribution in [0.25, 0.3) is 0 Å². The molecular weight excluding hydrogens is 248 g/mol. The standard InChI is InChI=1S/C13H16N2O4/c16-6-14-4-10(18)12-8-1-2-9(3-8)13(12)11(19)5-15-7-17/h1-2,6-9,12-13H,3-5H2,(H,14,16)(H,15,17). The second-order valence-corrected chi connectivity index (χ2v) is 4.93. The molecule has 2 aliphatic rings. The molecule has 4 atom stereocenters. The van der Waals surface area contributed by atoms with Gasteiger partial charge in [-0.3, -0.25) is 19.2 Å². The molecular formula is C13H16N2O4. The van der Waals surface area contributed by atoms with E-state index in [-0.39, 0.29) is 48.3 Å². The summed E-state index contributed by atoms with van der Waals surface area (Å²) in [5.74, 6) is -0.819. The Morgan fingerprint density at radius 1 is 0.947 bits per heavy atom. The predicted molar refractivity (Wildman–Crippen MR) is 65.9 cm³/mol. The van der Waals surface area contributed by atoms with Crippen molar-refractivity contribution in [2.45, 2.75) is 6.42 Å². The minimum atomic E-state index is -0.372. The fourth-order valence-corrected chi connectivity index (χ4v) is 3.22. The molecule has 0 radical (unpaired) electrons. The number of carbonyl (C=O) groups excluding carboxylic acids is 4. The van der Waals surface area contributed by atoms with Crippen molar-refractivity contribution < 1.29 is 19.2 Å². The topological polar surface area (TPSA) is 92.3 Å². The summed E-state index contributed by atoms with van der Waals surface area (Å²) in [5, 5.41) is 4.70. The highest BCUT2D eigenvalue weighted by molar-refractivity contribution is 5.94. The van der Waals surface area contributed by atoms with E-state index in [1.54, 1.807) is 0 Å². The summed E-state index contributed by atoms with van der Waals surface area (Å²) < 4.78 is 0. The molecule has 1 fully saturated rings. The number of hydrogen-bond acceptors (Lipinski definition) is 4. The molecule has 0 spiro atoms. The molecule has 0 saturated heterocycles. The van der Waals surface area contributed by atoms with E-state index in [2.05, 4.69) is 10.6 Å². The molecule has 0 aromatic rings. The Labute approximate surface area is 110 Å². The second-order valence-electron chi connectivity index (χ2n) is 4.93. The lowest BCUT2D eigenvalue weighted by Crippen LogP contribution is -2.40. The Hall–Kier alpha value is -1.98. The first-order valence-electron chi connectivity index (χ1n) is 6.27. The zero-order valence-corrected chi connectivity index (χ0v) is 10.4. The molecule has 102 valence electrons. The number of rotatable bonds is 8. The van der Waals surface area contributed by atoms with Gasteiger partial charge in [0.2, 0.25) is 12.8 Å². The van der Waals surface area contributed by atoms with Crippen molar-refractivity contribution in [3.05, 3.63) is 12.2 Å². The largest absolute Gasteiger partial charge is 0.352 e. The first-order chi connectivity index (χ1) is 9.19. The highest BCUT2D eigenvalue weighted by Gasteiger charge is 2.50. The maximum absolute atomic E-state index is 12.1. The summed E-state index contributed by atoms with van der Waals surface area (Å²) in [4.78, 5) is 44.7.